The Hall–Kier alpha value is -2.79. The first-order valence-electron chi connectivity index (χ1n) is 9.11. The van der Waals surface area contributed by atoms with E-state index in [0.717, 1.165) is 29.6 Å². The molecule has 0 spiro atoms. The first-order chi connectivity index (χ1) is 12.7. The van der Waals surface area contributed by atoms with Crippen molar-refractivity contribution < 1.29 is 14.1 Å². The minimum absolute atomic E-state index is 0.188. The number of piperazine rings is 1. The van der Waals surface area contributed by atoms with Crippen LogP contribution in [0.4, 0.5) is 5.69 Å². The molecule has 1 aliphatic heterocycles. The van der Waals surface area contributed by atoms with Crippen LogP contribution in [0.15, 0.2) is 59.0 Å². The molecule has 0 radical (unpaired) electrons. The van der Waals surface area contributed by atoms with Crippen molar-refractivity contribution >= 4 is 22.6 Å². The highest BCUT2D eigenvalue weighted by Gasteiger charge is 2.17. The van der Waals surface area contributed by atoms with Gasteiger partial charge in [-0.15, -0.1) is 0 Å². The van der Waals surface area contributed by atoms with E-state index in [1.165, 1.54) is 18.8 Å². The van der Waals surface area contributed by atoms with Gasteiger partial charge in [0, 0.05) is 17.6 Å². The lowest BCUT2D eigenvalue weighted by atomic mass is 10.1. The van der Waals surface area contributed by atoms with E-state index in [4.69, 9.17) is 4.42 Å². The summed E-state index contributed by atoms with van der Waals surface area (Å²) < 4.78 is 5.60. The van der Waals surface area contributed by atoms with E-state index in [-0.39, 0.29) is 5.91 Å². The van der Waals surface area contributed by atoms with Gasteiger partial charge in [0.1, 0.15) is 5.58 Å². The number of benzene rings is 2. The van der Waals surface area contributed by atoms with E-state index < -0.39 is 0 Å². The van der Waals surface area contributed by atoms with Crippen molar-refractivity contribution in [1.29, 1.82) is 0 Å². The van der Waals surface area contributed by atoms with E-state index in [1.807, 2.05) is 24.3 Å². The van der Waals surface area contributed by atoms with Gasteiger partial charge >= 0.3 is 0 Å². The molecule has 2 aromatic carbocycles. The molecule has 2 N–H and O–H groups in total. The summed E-state index contributed by atoms with van der Waals surface area (Å²) in [6.07, 6.45) is 0. The van der Waals surface area contributed by atoms with Crippen LogP contribution in [0.1, 0.15) is 16.1 Å². The van der Waals surface area contributed by atoms with Gasteiger partial charge in [-0.3, -0.25) is 4.79 Å². The molecule has 0 bridgehead atoms. The van der Waals surface area contributed by atoms with Gasteiger partial charge in [0.2, 0.25) is 0 Å². The molecule has 26 heavy (non-hydrogen) atoms. The molecule has 4 rings (SSSR count). The van der Waals surface area contributed by atoms with Gasteiger partial charge in [0.05, 0.1) is 33.2 Å². The number of anilines is 1. The number of carbonyl (C=O) groups is 1. The van der Waals surface area contributed by atoms with E-state index in [2.05, 4.69) is 41.5 Å². The summed E-state index contributed by atoms with van der Waals surface area (Å²) in [6, 6.07) is 17.9. The molecule has 134 valence electrons. The molecule has 1 amide bonds. The summed E-state index contributed by atoms with van der Waals surface area (Å²) in [5.74, 6) is 0.162. The lowest BCUT2D eigenvalue weighted by Crippen LogP contribution is -3.12. The van der Waals surface area contributed by atoms with Crippen molar-refractivity contribution in [3.8, 4) is 0 Å². The van der Waals surface area contributed by atoms with E-state index in [0.29, 0.717) is 12.3 Å². The van der Waals surface area contributed by atoms with Crippen LogP contribution < -0.4 is 15.1 Å². The number of hydrogen-bond acceptors (Lipinski definition) is 3. The molecule has 0 atom stereocenters. The highest BCUT2D eigenvalue weighted by atomic mass is 16.3. The molecular weight excluding hydrogens is 326 g/mol. The molecular formula is C21H24N3O2+. The van der Waals surface area contributed by atoms with Crippen LogP contribution in [0, 0.1) is 0 Å². The van der Waals surface area contributed by atoms with E-state index in [1.54, 1.807) is 11.0 Å². The number of likely N-dealkylation sites (N-methyl/N-ethyl adjacent to an activating group) is 1. The van der Waals surface area contributed by atoms with Crippen LogP contribution in [0.25, 0.3) is 11.0 Å². The second kappa shape index (κ2) is 7.22. The van der Waals surface area contributed by atoms with Crippen molar-refractivity contribution in [1.82, 2.24) is 5.32 Å². The molecule has 5 nitrogen and oxygen atoms in total. The lowest BCUT2D eigenvalue weighted by molar-refractivity contribution is -0.880. The Bertz CT molecular complexity index is 860. The summed E-state index contributed by atoms with van der Waals surface area (Å²) in [4.78, 5) is 16.3. The first kappa shape index (κ1) is 16.7. The first-order valence-corrected chi connectivity index (χ1v) is 9.11. The Morgan fingerprint density at radius 2 is 1.85 bits per heavy atom. The fourth-order valence-corrected chi connectivity index (χ4v) is 3.33. The van der Waals surface area contributed by atoms with Gasteiger partial charge in [-0.2, -0.15) is 0 Å². The Kier molecular flexibility index (Phi) is 4.63. The van der Waals surface area contributed by atoms with Crippen LogP contribution in [0.2, 0.25) is 0 Å². The lowest BCUT2D eigenvalue weighted by Gasteiger charge is -2.31. The van der Waals surface area contributed by atoms with Crippen LogP contribution in [0.5, 0.6) is 0 Å². The summed E-state index contributed by atoms with van der Waals surface area (Å²) >= 11 is 0. The van der Waals surface area contributed by atoms with Crippen molar-refractivity contribution in [2.45, 2.75) is 6.54 Å². The second-order valence-corrected chi connectivity index (χ2v) is 6.94. The normalized spacial score (nSPS) is 15.3. The third-order valence-electron chi connectivity index (χ3n) is 5.02. The Morgan fingerprint density at radius 1 is 1.12 bits per heavy atom. The maximum atomic E-state index is 12.3. The minimum atomic E-state index is -0.188. The minimum Gasteiger partial charge on any atom is -0.451 e. The second-order valence-electron chi connectivity index (χ2n) is 6.94. The van der Waals surface area contributed by atoms with E-state index in [9.17, 15) is 4.79 Å². The molecule has 1 saturated heterocycles. The summed E-state index contributed by atoms with van der Waals surface area (Å²) in [6.45, 7) is 5.02. The zero-order valence-corrected chi connectivity index (χ0v) is 15.0. The van der Waals surface area contributed by atoms with Crippen molar-refractivity contribution in [2.75, 3.05) is 38.1 Å². The number of furan rings is 1. The van der Waals surface area contributed by atoms with E-state index >= 15 is 0 Å². The predicted octanol–water partition coefficient (Wildman–Crippen LogP) is 1.70. The maximum absolute atomic E-state index is 12.3. The number of rotatable bonds is 4. The molecule has 1 fully saturated rings. The predicted molar refractivity (Wildman–Crippen MR) is 103 cm³/mol. The molecule has 5 heteroatoms. The smallest absolute Gasteiger partial charge is 0.287 e. The summed E-state index contributed by atoms with van der Waals surface area (Å²) in [5.41, 5.74) is 3.07. The topological polar surface area (TPSA) is 49.9 Å². The fourth-order valence-electron chi connectivity index (χ4n) is 3.33. The molecule has 2 heterocycles. The van der Waals surface area contributed by atoms with Gasteiger partial charge in [-0.25, -0.2) is 0 Å². The molecule has 0 unspecified atom stereocenters. The van der Waals surface area contributed by atoms with Gasteiger partial charge in [-0.1, -0.05) is 30.3 Å². The molecule has 0 saturated carbocycles. The highest BCUT2D eigenvalue weighted by molar-refractivity contribution is 5.96. The average Bonchev–Trinajstić information content (AvgIpc) is 3.11. The number of fused-ring (bicyclic) bond motifs is 1. The SMILES string of the molecule is C[NH+]1CCN(c2ccc(CNC(=O)c3cc4ccccc4o3)cc2)CC1. The van der Waals surface area contributed by atoms with Crippen molar-refractivity contribution in [2.24, 2.45) is 0 Å². The monoisotopic (exact) mass is 350 g/mol. The molecule has 1 aromatic heterocycles. The Labute approximate surface area is 153 Å². The number of nitrogens with one attached hydrogen (secondary N) is 2. The van der Waals surface area contributed by atoms with Crippen LogP contribution in [-0.4, -0.2) is 39.1 Å². The zero-order valence-electron chi connectivity index (χ0n) is 15.0. The standard InChI is InChI=1S/C21H23N3O2/c1-23-10-12-24(13-11-23)18-8-6-16(7-9-18)15-22-21(25)20-14-17-4-2-3-5-19(17)26-20/h2-9,14H,10-13,15H2,1H3,(H,22,25)/p+1. The Balaban J connectivity index is 1.36. The number of quaternary nitrogens is 1. The van der Waals surface area contributed by atoms with Crippen LogP contribution >= 0.6 is 0 Å². The maximum Gasteiger partial charge on any atom is 0.287 e. The van der Waals surface area contributed by atoms with Crippen molar-refractivity contribution in [3.05, 3.63) is 65.9 Å². The van der Waals surface area contributed by atoms with Crippen LogP contribution in [-0.2, 0) is 6.54 Å². The van der Waals surface area contributed by atoms with Gasteiger partial charge in [-0.05, 0) is 29.8 Å². The Morgan fingerprint density at radius 3 is 2.58 bits per heavy atom. The van der Waals surface area contributed by atoms with Gasteiger partial charge < -0.3 is 19.5 Å². The molecule has 0 aliphatic carbocycles. The number of para-hydroxylation sites is 1. The number of hydrogen-bond donors (Lipinski definition) is 2. The third kappa shape index (κ3) is 3.58. The molecule has 3 aromatic rings. The number of amides is 1. The summed E-state index contributed by atoms with van der Waals surface area (Å²) in [5, 5.41) is 3.87. The van der Waals surface area contributed by atoms with Gasteiger partial charge in [0.15, 0.2) is 5.76 Å². The van der Waals surface area contributed by atoms with Crippen LogP contribution in [0.3, 0.4) is 0 Å². The number of nitrogens with zero attached hydrogens (tertiary/aromatic N) is 1. The largest absolute Gasteiger partial charge is 0.451 e. The molecule has 1 aliphatic rings. The number of carbonyl (C=O) groups excluding carboxylic acids is 1. The third-order valence-corrected chi connectivity index (χ3v) is 5.02. The quantitative estimate of drug-likeness (QED) is 0.753. The van der Waals surface area contributed by atoms with Gasteiger partial charge in [0.25, 0.3) is 5.91 Å². The highest BCUT2D eigenvalue weighted by Crippen LogP contribution is 2.19. The zero-order chi connectivity index (χ0) is 17.9. The summed E-state index contributed by atoms with van der Waals surface area (Å²) in [7, 11) is 2.24. The average molecular weight is 350 g/mol. The fraction of sp³-hybridized carbons (Fsp3) is 0.286. The van der Waals surface area contributed by atoms with Crippen molar-refractivity contribution in [3.63, 3.8) is 0 Å².